The molecule has 128 valence electrons. The summed E-state index contributed by atoms with van der Waals surface area (Å²) in [5.74, 6) is -1.66. The van der Waals surface area contributed by atoms with Gasteiger partial charge in [0.05, 0.1) is 10.9 Å². The zero-order valence-electron chi connectivity index (χ0n) is 13.1. The summed E-state index contributed by atoms with van der Waals surface area (Å²) in [7, 11) is 0. The molecular formula is C17H13F2N3O2S. The van der Waals surface area contributed by atoms with E-state index in [-0.39, 0.29) is 10.9 Å². The molecule has 0 aliphatic rings. The molecule has 0 aliphatic carbocycles. The van der Waals surface area contributed by atoms with Gasteiger partial charge in [0.1, 0.15) is 11.6 Å². The van der Waals surface area contributed by atoms with E-state index in [2.05, 4.69) is 15.5 Å². The Morgan fingerprint density at radius 2 is 1.92 bits per heavy atom. The number of nitrogens with zero attached hydrogens (tertiary/aromatic N) is 2. The number of rotatable bonds is 5. The maximum absolute atomic E-state index is 13.6. The Kier molecular flexibility index (Phi) is 5.08. The van der Waals surface area contributed by atoms with Crippen molar-refractivity contribution < 1.29 is 18.0 Å². The summed E-state index contributed by atoms with van der Waals surface area (Å²) in [5, 5.41) is 9.84. The zero-order valence-corrected chi connectivity index (χ0v) is 13.9. The van der Waals surface area contributed by atoms with Crippen LogP contribution in [-0.2, 0) is 4.79 Å². The number of amides is 1. The van der Waals surface area contributed by atoms with Crippen LogP contribution in [0.3, 0.4) is 0 Å². The first-order valence-electron chi connectivity index (χ1n) is 7.34. The number of anilines is 1. The third-order valence-corrected chi connectivity index (χ3v) is 4.20. The molecule has 0 radical (unpaired) electrons. The van der Waals surface area contributed by atoms with E-state index in [1.165, 1.54) is 6.07 Å². The Morgan fingerprint density at radius 1 is 1.16 bits per heavy atom. The molecule has 1 heterocycles. The van der Waals surface area contributed by atoms with Crippen molar-refractivity contribution in [3.63, 3.8) is 0 Å². The molecule has 8 heteroatoms. The molecule has 3 aromatic rings. The van der Waals surface area contributed by atoms with Gasteiger partial charge in [0.2, 0.25) is 11.8 Å². The summed E-state index contributed by atoms with van der Waals surface area (Å²) in [4.78, 5) is 12.1. The molecule has 3 rings (SSSR count). The van der Waals surface area contributed by atoms with Crippen molar-refractivity contribution in [2.75, 3.05) is 5.32 Å². The number of carbonyl (C=O) groups excluding carboxylic acids is 1. The third kappa shape index (κ3) is 4.21. The maximum Gasteiger partial charge on any atom is 0.277 e. The normalized spacial score (nSPS) is 12.0. The number of halogens is 2. The second-order valence-electron chi connectivity index (χ2n) is 5.11. The molecule has 0 fully saturated rings. The fraction of sp³-hybridized carbons (Fsp3) is 0.118. The Bertz CT molecular complexity index is 887. The van der Waals surface area contributed by atoms with Gasteiger partial charge in [-0.2, -0.15) is 0 Å². The molecule has 5 nitrogen and oxygen atoms in total. The van der Waals surface area contributed by atoms with E-state index >= 15 is 0 Å². The molecule has 1 atom stereocenters. The quantitative estimate of drug-likeness (QED) is 0.692. The molecule has 0 saturated heterocycles. The van der Waals surface area contributed by atoms with Crippen molar-refractivity contribution in [2.45, 2.75) is 17.4 Å². The van der Waals surface area contributed by atoms with Crippen LogP contribution in [0.15, 0.2) is 58.2 Å². The Hall–Kier alpha value is -2.74. The SMILES string of the molecule is CC(Sc1nnc(-c2ccccc2)o1)C(=O)Nc1ccc(F)cc1F. The lowest BCUT2D eigenvalue weighted by molar-refractivity contribution is -0.115. The Balaban J connectivity index is 1.65. The average molecular weight is 361 g/mol. The van der Waals surface area contributed by atoms with Crippen molar-refractivity contribution in [3.05, 3.63) is 60.2 Å². The summed E-state index contributed by atoms with van der Waals surface area (Å²) in [5.41, 5.74) is 0.682. The van der Waals surface area contributed by atoms with Crippen LogP contribution in [-0.4, -0.2) is 21.4 Å². The number of hydrogen-bond acceptors (Lipinski definition) is 5. The average Bonchev–Trinajstić information content (AvgIpc) is 3.06. The monoisotopic (exact) mass is 361 g/mol. The molecule has 0 aliphatic heterocycles. The lowest BCUT2D eigenvalue weighted by Gasteiger charge is -2.10. The van der Waals surface area contributed by atoms with Crippen molar-refractivity contribution in [1.82, 2.24) is 10.2 Å². The van der Waals surface area contributed by atoms with Gasteiger partial charge in [0.15, 0.2) is 0 Å². The van der Waals surface area contributed by atoms with Crippen LogP contribution in [0, 0.1) is 11.6 Å². The van der Waals surface area contributed by atoms with E-state index in [4.69, 9.17) is 4.42 Å². The van der Waals surface area contributed by atoms with Gasteiger partial charge in [-0.1, -0.05) is 30.0 Å². The number of benzene rings is 2. The van der Waals surface area contributed by atoms with E-state index < -0.39 is 22.8 Å². The Labute approximate surface area is 146 Å². The van der Waals surface area contributed by atoms with Gasteiger partial charge in [-0.3, -0.25) is 4.79 Å². The Morgan fingerprint density at radius 3 is 2.64 bits per heavy atom. The van der Waals surface area contributed by atoms with Crippen LogP contribution in [0.4, 0.5) is 14.5 Å². The minimum atomic E-state index is -0.838. The summed E-state index contributed by atoms with van der Waals surface area (Å²) in [6, 6.07) is 12.2. The van der Waals surface area contributed by atoms with E-state index in [1.807, 2.05) is 30.3 Å². The first kappa shape index (κ1) is 17.1. The zero-order chi connectivity index (χ0) is 17.8. The molecule has 1 aromatic heterocycles. The summed E-state index contributed by atoms with van der Waals surface area (Å²) in [6.07, 6.45) is 0. The van der Waals surface area contributed by atoms with Crippen LogP contribution in [0.25, 0.3) is 11.5 Å². The fourth-order valence-electron chi connectivity index (χ4n) is 1.98. The highest BCUT2D eigenvalue weighted by Crippen LogP contribution is 2.27. The second kappa shape index (κ2) is 7.43. The van der Waals surface area contributed by atoms with Crippen molar-refractivity contribution in [3.8, 4) is 11.5 Å². The van der Waals surface area contributed by atoms with Gasteiger partial charge in [-0.15, -0.1) is 10.2 Å². The predicted molar refractivity (Wildman–Crippen MR) is 90.0 cm³/mol. The summed E-state index contributed by atoms with van der Waals surface area (Å²) >= 11 is 1.05. The number of nitrogens with one attached hydrogen (secondary N) is 1. The molecule has 2 aromatic carbocycles. The highest BCUT2D eigenvalue weighted by molar-refractivity contribution is 8.00. The third-order valence-electron chi connectivity index (χ3n) is 3.26. The van der Waals surface area contributed by atoms with Crippen molar-refractivity contribution in [1.29, 1.82) is 0 Å². The molecule has 0 saturated carbocycles. The van der Waals surface area contributed by atoms with Gasteiger partial charge in [0.25, 0.3) is 5.22 Å². The lowest BCUT2D eigenvalue weighted by Crippen LogP contribution is -2.23. The number of hydrogen-bond donors (Lipinski definition) is 1. The van der Waals surface area contributed by atoms with Gasteiger partial charge in [-0.05, 0) is 31.2 Å². The first-order valence-corrected chi connectivity index (χ1v) is 8.22. The van der Waals surface area contributed by atoms with Gasteiger partial charge < -0.3 is 9.73 Å². The minimum Gasteiger partial charge on any atom is -0.411 e. The van der Waals surface area contributed by atoms with Crippen LogP contribution in [0.2, 0.25) is 0 Å². The van der Waals surface area contributed by atoms with Crippen LogP contribution in [0.1, 0.15) is 6.92 Å². The molecule has 1 unspecified atom stereocenters. The van der Waals surface area contributed by atoms with Crippen LogP contribution < -0.4 is 5.32 Å². The first-order chi connectivity index (χ1) is 12.0. The fourth-order valence-corrected chi connectivity index (χ4v) is 2.67. The van der Waals surface area contributed by atoms with E-state index in [0.29, 0.717) is 12.0 Å². The van der Waals surface area contributed by atoms with Gasteiger partial charge in [-0.25, -0.2) is 8.78 Å². The standard InChI is InChI=1S/C17H13F2N3O2S/c1-10(15(23)20-14-8-7-12(18)9-13(14)19)25-17-22-21-16(24-17)11-5-3-2-4-6-11/h2-10H,1H3,(H,20,23). The minimum absolute atomic E-state index is 0.0886. The summed E-state index contributed by atoms with van der Waals surface area (Å²) in [6.45, 7) is 1.62. The molecule has 1 N–H and O–H groups in total. The van der Waals surface area contributed by atoms with Gasteiger partial charge >= 0.3 is 0 Å². The van der Waals surface area contributed by atoms with E-state index in [1.54, 1.807) is 6.92 Å². The molecule has 25 heavy (non-hydrogen) atoms. The predicted octanol–water partition coefficient (Wildman–Crippen LogP) is 4.13. The second-order valence-corrected chi connectivity index (χ2v) is 6.40. The van der Waals surface area contributed by atoms with Crippen molar-refractivity contribution >= 4 is 23.4 Å². The van der Waals surface area contributed by atoms with E-state index in [0.717, 1.165) is 23.4 Å². The van der Waals surface area contributed by atoms with Gasteiger partial charge in [0, 0.05) is 11.6 Å². The van der Waals surface area contributed by atoms with Crippen LogP contribution >= 0.6 is 11.8 Å². The maximum atomic E-state index is 13.6. The summed E-state index contributed by atoms with van der Waals surface area (Å²) < 4.78 is 32.0. The van der Waals surface area contributed by atoms with Crippen molar-refractivity contribution in [2.24, 2.45) is 0 Å². The van der Waals surface area contributed by atoms with E-state index in [9.17, 15) is 13.6 Å². The molecule has 1 amide bonds. The molecular weight excluding hydrogens is 348 g/mol. The lowest BCUT2D eigenvalue weighted by atomic mass is 10.2. The number of aromatic nitrogens is 2. The highest BCUT2D eigenvalue weighted by atomic mass is 32.2. The number of carbonyl (C=O) groups is 1. The number of thioether (sulfide) groups is 1. The largest absolute Gasteiger partial charge is 0.411 e. The van der Waals surface area contributed by atoms with Crippen LogP contribution in [0.5, 0.6) is 0 Å². The highest BCUT2D eigenvalue weighted by Gasteiger charge is 2.20. The molecule has 0 spiro atoms. The smallest absolute Gasteiger partial charge is 0.277 e. The topological polar surface area (TPSA) is 68.0 Å². The molecule has 0 bridgehead atoms.